The van der Waals surface area contributed by atoms with Gasteiger partial charge in [0.05, 0.1) is 37.0 Å². The second-order valence-electron chi connectivity index (χ2n) is 6.38. The molecule has 4 N–H and O–H groups in total. The molecule has 1 unspecified atom stereocenters. The minimum Gasteiger partial charge on any atom is -0.493 e. The topological polar surface area (TPSA) is 109 Å². The summed E-state index contributed by atoms with van der Waals surface area (Å²) in [6.45, 7) is 0.258. The lowest BCUT2D eigenvalue weighted by Gasteiger charge is -2.16. The maximum absolute atomic E-state index is 6.28. The van der Waals surface area contributed by atoms with Crippen molar-refractivity contribution in [2.24, 2.45) is 11.5 Å². The van der Waals surface area contributed by atoms with Crippen LogP contribution >= 0.6 is 0 Å². The Hall–Kier alpha value is -3.29. The molecule has 2 heterocycles. The summed E-state index contributed by atoms with van der Waals surface area (Å²) >= 11 is 0. The highest BCUT2D eigenvalue weighted by molar-refractivity contribution is 5.93. The molecule has 0 fully saturated rings. The van der Waals surface area contributed by atoms with Crippen LogP contribution in [0.25, 0.3) is 33.2 Å². The van der Waals surface area contributed by atoms with E-state index in [1.807, 2.05) is 42.5 Å². The van der Waals surface area contributed by atoms with Crippen LogP contribution in [0.15, 0.2) is 48.7 Å². The van der Waals surface area contributed by atoms with Gasteiger partial charge in [0.15, 0.2) is 17.3 Å². The maximum Gasteiger partial charge on any atom is 0.162 e. The molecule has 0 amide bonds. The molecule has 2 aromatic carbocycles. The number of para-hydroxylation sites is 1. The highest BCUT2D eigenvalue weighted by Gasteiger charge is 2.18. The number of hydrogen-bond acceptors (Lipinski definition) is 7. The Labute approximate surface area is 162 Å². The van der Waals surface area contributed by atoms with E-state index in [9.17, 15) is 0 Å². The van der Waals surface area contributed by atoms with Gasteiger partial charge < -0.3 is 20.9 Å². The Kier molecular flexibility index (Phi) is 4.77. The normalized spacial score (nSPS) is 12.3. The first-order chi connectivity index (χ1) is 13.7. The summed E-state index contributed by atoms with van der Waals surface area (Å²) in [6, 6.07) is 13.1. The molecule has 7 nitrogen and oxygen atoms in total. The van der Waals surface area contributed by atoms with Crippen molar-refractivity contribution in [3.05, 3.63) is 54.4 Å². The predicted molar refractivity (Wildman–Crippen MR) is 109 cm³/mol. The zero-order valence-electron chi connectivity index (χ0n) is 15.7. The molecule has 28 heavy (non-hydrogen) atoms. The van der Waals surface area contributed by atoms with E-state index >= 15 is 0 Å². The van der Waals surface area contributed by atoms with Gasteiger partial charge in [-0.2, -0.15) is 0 Å². The molecular formula is C21H21N5O2. The third kappa shape index (κ3) is 3.00. The minimum absolute atomic E-state index is 0.258. The van der Waals surface area contributed by atoms with Gasteiger partial charge in [-0.25, -0.2) is 9.97 Å². The molecule has 0 aliphatic carbocycles. The van der Waals surface area contributed by atoms with Crippen LogP contribution in [-0.4, -0.2) is 35.7 Å². The zero-order chi connectivity index (χ0) is 19.7. The summed E-state index contributed by atoms with van der Waals surface area (Å²) < 4.78 is 10.9. The fourth-order valence-electron chi connectivity index (χ4n) is 3.28. The fourth-order valence-corrected chi connectivity index (χ4v) is 3.28. The van der Waals surface area contributed by atoms with Crippen LogP contribution < -0.4 is 20.9 Å². The second-order valence-corrected chi connectivity index (χ2v) is 6.38. The molecule has 0 aliphatic rings. The average Bonchev–Trinajstić information content (AvgIpc) is 2.76. The van der Waals surface area contributed by atoms with Crippen molar-refractivity contribution in [2.45, 2.75) is 6.04 Å². The van der Waals surface area contributed by atoms with Crippen molar-refractivity contribution in [1.82, 2.24) is 15.0 Å². The number of nitrogens with zero attached hydrogens (tertiary/aromatic N) is 3. The van der Waals surface area contributed by atoms with Gasteiger partial charge in [-0.15, -0.1) is 0 Å². The van der Waals surface area contributed by atoms with Gasteiger partial charge in [-0.1, -0.05) is 18.2 Å². The van der Waals surface area contributed by atoms with Crippen LogP contribution in [0.5, 0.6) is 11.5 Å². The number of methoxy groups -OCH3 is 2. The Morgan fingerprint density at radius 2 is 1.75 bits per heavy atom. The van der Waals surface area contributed by atoms with Crippen LogP contribution in [0.4, 0.5) is 0 Å². The number of ether oxygens (including phenoxy) is 2. The first kappa shape index (κ1) is 18.1. The molecule has 1 atom stereocenters. The largest absolute Gasteiger partial charge is 0.493 e. The van der Waals surface area contributed by atoms with Crippen molar-refractivity contribution in [1.29, 1.82) is 0 Å². The molecule has 0 spiro atoms. The molecule has 2 aromatic heterocycles. The summed E-state index contributed by atoms with van der Waals surface area (Å²) in [5.41, 5.74) is 15.2. The summed E-state index contributed by atoms with van der Waals surface area (Å²) in [7, 11) is 3.18. The van der Waals surface area contributed by atoms with Gasteiger partial charge in [-0.3, -0.25) is 4.98 Å². The van der Waals surface area contributed by atoms with Crippen molar-refractivity contribution >= 4 is 21.8 Å². The van der Waals surface area contributed by atoms with Gasteiger partial charge in [-0.05, 0) is 18.2 Å². The number of nitrogens with two attached hydrogens (primary N) is 2. The summed E-state index contributed by atoms with van der Waals surface area (Å²) in [5.74, 6) is 1.72. The molecule has 7 heteroatoms. The van der Waals surface area contributed by atoms with E-state index in [-0.39, 0.29) is 6.54 Å². The molecule has 0 radical (unpaired) electrons. The minimum atomic E-state index is -0.440. The van der Waals surface area contributed by atoms with Crippen LogP contribution in [-0.2, 0) is 0 Å². The molecule has 4 aromatic rings. The molecule has 0 saturated heterocycles. The standard InChI is InChI=1S/C21H21N5O2/c1-27-17-9-14-16(10-18(17)28-2)25-21(26-20(14)15(23)11-22)13-7-3-5-12-6-4-8-24-19(12)13/h3-10,15H,11,22-23H2,1-2H3. The van der Waals surface area contributed by atoms with Crippen molar-refractivity contribution in [3.8, 4) is 22.9 Å². The summed E-state index contributed by atoms with van der Waals surface area (Å²) in [6.07, 6.45) is 1.76. The summed E-state index contributed by atoms with van der Waals surface area (Å²) in [4.78, 5) is 14.1. The number of aromatic nitrogens is 3. The van der Waals surface area contributed by atoms with Crippen molar-refractivity contribution in [3.63, 3.8) is 0 Å². The third-order valence-corrected chi connectivity index (χ3v) is 4.71. The third-order valence-electron chi connectivity index (χ3n) is 4.71. The van der Waals surface area contributed by atoms with Gasteiger partial charge in [0.2, 0.25) is 0 Å². The van der Waals surface area contributed by atoms with E-state index < -0.39 is 6.04 Å². The number of pyridine rings is 1. The van der Waals surface area contributed by atoms with Crippen LogP contribution in [0, 0.1) is 0 Å². The monoisotopic (exact) mass is 375 g/mol. The van der Waals surface area contributed by atoms with E-state index in [4.69, 9.17) is 30.9 Å². The van der Waals surface area contributed by atoms with Gasteiger partial charge in [0, 0.05) is 35.1 Å². The highest BCUT2D eigenvalue weighted by Crippen LogP contribution is 2.35. The molecular weight excluding hydrogens is 354 g/mol. The molecule has 0 saturated carbocycles. The van der Waals surface area contributed by atoms with E-state index in [0.29, 0.717) is 28.5 Å². The zero-order valence-corrected chi connectivity index (χ0v) is 15.7. The lowest BCUT2D eigenvalue weighted by atomic mass is 10.0. The number of hydrogen-bond donors (Lipinski definition) is 2. The van der Waals surface area contributed by atoms with Gasteiger partial charge >= 0.3 is 0 Å². The van der Waals surface area contributed by atoms with E-state index in [2.05, 4.69) is 4.98 Å². The van der Waals surface area contributed by atoms with Crippen LogP contribution in [0.3, 0.4) is 0 Å². The summed E-state index contributed by atoms with van der Waals surface area (Å²) in [5, 5.41) is 1.80. The number of rotatable bonds is 5. The Balaban J connectivity index is 2.04. The molecule has 142 valence electrons. The molecule has 0 aliphatic heterocycles. The van der Waals surface area contributed by atoms with E-state index in [0.717, 1.165) is 21.9 Å². The lowest BCUT2D eigenvalue weighted by Crippen LogP contribution is -2.22. The first-order valence-corrected chi connectivity index (χ1v) is 8.89. The highest BCUT2D eigenvalue weighted by atomic mass is 16.5. The smallest absolute Gasteiger partial charge is 0.162 e. The van der Waals surface area contributed by atoms with Crippen LogP contribution in [0.1, 0.15) is 11.7 Å². The van der Waals surface area contributed by atoms with E-state index in [1.54, 1.807) is 20.4 Å². The fraction of sp³-hybridized carbons (Fsp3) is 0.190. The maximum atomic E-state index is 6.28. The number of benzene rings is 2. The average molecular weight is 375 g/mol. The molecule has 4 rings (SSSR count). The van der Waals surface area contributed by atoms with Crippen molar-refractivity contribution < 1.29 is 9.47 Å². The number of fused-ring (bicyclic) bond motifs is 2. The van der Waals surface area contributed by atoms with Gasteiger partial charge in [0.25, 0.3) is 0 Å². The lowest BCUT2D eigenvalue weighted by molar-refractivity contribution is 0.355. The Bertz CT molecular complexity index is 1160. The molecule has 0 bridgehead atoms. The quantitative estimate of drug-likeness (QED) is 0.552. The SMILES string of the molecule is COc1cc2nc(-c3cccc4cccnc34)nc(C(N)CN)c2cc1OC. The van der Waals surface area contributed by atoms with Crippen molar-refractivity contribution in [2.75, 3.05) is 20.8 Å². The van der Waals surface area contributed by atoms with Crippen LogP contribution in [0.2, 0.25) is 0 Å². The Morgan fingerprint density at radius 3 is 2.50 bits per heavy atom. The Morgan fingerprint density at radius 1 is 1.00 bits per heavy atom. The van der Waals surface area contributed by atoms with Gasteiger partial charge in [0.1, 0.15) is 0 Å². The predicted octanol–water partition coefficient (Wildman–Crippen LogP) is 2.82. The van der Waals surface area contributed by atoms with E-state index in [1.165, 1.54) is 0 Å². The first-order valence-electron chi connectivity index (χ1n) is 8.89. The second kappa shape index (κ2) is 7.38.